The van der Waals surface area contributed by atoms with Crippen molar-refractivity contribution in [3.63, 3.8) is 0 Å². The second-order valence-electron chi connectivity index (χ2n) is 7.77. The Morgan fingerprint density at radius 2 is 0.767 bits per heavy atom. The predicted octanol–water partition coefficient (Wildman–Crippen LogP) is 5.23. The monoisotopic (exact) mass is 382 g/mol. The van der Waals surface area contributed by atoms with E-state index in [0.717, 1.165) is 75.1 Å². The van der Waals surface area contributed by atoms with Crippen LogP contribution < -0.4 is 20.9 Å². The molecule has 0 N–H and O–H groups in total. The fourth-order valence-corrected chi connectivity index (χ4v) is 4.89. The molecule has 0 aliphatic rings. The molecule has 0 aliphatic carbocycles. The summed E-state index contributed by atoms with van der Waals surface area (Å²) in [5.74, 6) is 0. The van der Waals surface area contributed by atoms with E-state index in [9.17, 15) is 0 Å². The second kappa shape index (κ2) is 6.30. The molecule has 0 nitrogen and oxygen atoms in total. The van der Waals surface area contributed by atoms with Gasteiger partial charge in [0.2, 0.25) is 0 Å². The molecule has 0 heteroatoms. The highest BCUT2D eigenvalue weighted by Crippen LogP contribution is 2.31. The second-order valence-corrected chi connectivity index (χ2v) is 7.77. The van der Waals surface area contributed by atoms with Crippen molar-refractivity contribution in [2.75, 3.05) is 0 Å². The van der Waals surface area contributed by atoms with E-state index in [-0.39, 0.29) is 0 Å². The van der Waals surface area contributed by atoms with Crippen molar-refractivity contribution in [1.29, 1.82) is 0 Å². The Hall–Kier alpha value is -3.90. The quantitative estimate of drug-likeness (QED) is 0.367. The number of hydrogen-bond donors (Lipinski definition) is 0. The molecule has 0 spiro atoms. The lowest BCUT2D eigenvalue weighted by Gasteiger charge is -2.14. The minimum atomic E-state index is 0.931. The zero-order chi connectivity index (χ0) is 21.2. The molecule has 0 aromatic heterocycles. The van der Waals surface area contributed by atoms with Crippen molar-refractivity contribution >= 4 is 81.6 Å². The molecule has 142 valence electrons. The number of hydrogen-bond acceptors (Lipinski definition) is 0. The van der Waals surface area contributed by atoms with Crippen LogP contribution in [0.25, 0.3) is 81.6 Å². The molecule has 0 heterocycles. The average molecular weight is 383 g/mol. The molecule has 0 amide bonds. The van der Waals surface area contributed by atoms with Gasteiger partial charge >= 0.3 is 0 Å². The van der Waals surface area contributed by atoms with E-state index in [1.807, 2.05) is 12.2 Å². The zero-order valence-electron chi connectivity index (χ0n) is 17.0. The van der Waals surface area contributed by atoms with E-state index in [1.165, 1.54) is 0 Å². The Labute approximate surface area is 175 Å². The largest absolute Gasteiger partial charge is 0.0984 e. The van der Waals surface area contributed by atoms with Gasteiger partial charge in [-0.05, 0) is 75.1 Å². The highest BCUT2D eigenvalue weighted by atomic mass is 14.2. The third kappa shape index (κ3) is 2.16. The van der Waals surface area contributed by atoms with Crippen LogP contribution in [0.2, 0.25) is 0 Å². The van der Waals surface area contributed by atoms with Crippen molar-refractivity contribution in [1.82, 2.24) is 0 Å². The fraction of sp³-hybridized carbons (Fsp3) is 0. The molecular weight excluding hydrogens is 360 g/mol. The van der Waals surface area contributed by atoms with E-state index in [1.54, 1.807) is 0 Å². The smallest absolute Gasteiger partial charge is 0.00203 e. The normalized spacial score (nSPS) is 11.5. The van der Waals surface area contributed by atoms with Gasteiger partial charge in [-0.1, -0.05) is 100 Å². The molecule has 5 aromatic carbocycles. The van der Waals surface area contributed by atoms with E-state index in [2.05, 4.69) is 88.0 Å². The molecule has 5 aromatic rings. The molecule has 0 bridgehead atoms. The molecule has 0 saturated heterocycles. The SMILES string of the molecule is C=Cc1cccc2c1c(=C)c(=C)c1c2ccc2c3cccc(C=C)c3c(=C)c(=C)c21. The van der Waals surface area contributed by atoms with Gasteiger partial charge < -0.3 is 0 Å². The van der Waals surface area contributed by atoms with E-state index < -0.39 is 0 Å². The minimum absolute atomic E-state index is 0.931. The fourth-order valence-electron chi connectivity index (χ4n) is 4.89. The van der Waals surface area contributed by atoms with Gasteiger partial charge in [-0.2, -0.15) is 0 Å². The first kappa shape index (κ1) is 18.1. The summed E-state index contributed by atoms with van der Waals surface area (Å²) in [5, 5.41) is 12.8. The van der Waals surface area contributed by atoms with Crippen LogP contribution >= 0.6 is 0 Å². The molecule has 0 saturated carbocycles. The number of benzene rings is 5. The zero-order valence-corrected chi connectivity index (χ0v) is 17.0. The first-order chi connectivity index (χ1) is 14.5. The number of rotatable bonds is 2. The first-order valence-corrected chi connectivity index (χ1v) is 9.96. The summed E-state index contributed by atoms with van der Waals surface area (Å²) in [6, 6.07) is 17.0. The van der Waals surface area contributed by atoms with Gasteiger partial charge in [-0.25, -0.2) is 0 Å². The highest BCUT2D eigenvalue weighted by molar-refractivity contribution is 6.23. The van der Waals surface area contributed by atoms with Gasteiger partial charge in [0.25, 0.3) is 0 Å². The summed E-state index contributed by atoms with van der Waals surface area (Å²) in [6.07, 6.45) is 3.77. The molecule has 30 heavy (non-hydrogen) atoms. The van der Waals surface area contributed by atoms with Crippen molar-refractivity contribution < 1.29 is 0 Å². The lowest BCUT2D eigenvalue weighted by molar-refractivity contribution is 1.63. The topological polar surface area (TPSA) is 0 Å². The Morgan fingerprint density at radius 1 is 0.433 bits per heavy atom. The maximum absolute atomic E-state index is 4.45. The summed E-state index contributed by atoms with van der Waals surface area (Å²) in [5.41, 5.74) is 2.15. The molecule has 5 rings (SSSR count). The van der Waals surface area contributed by atoms with Crippen LogP contribution in [0.15, 0.2) is 61.7 Å². The van der Waals surface area contributed by atoms with Crippen molar-refractivity contribution in [2.45, 2.75) is 0 Å². The van der Waals surface area contributed by atoms with Gasteiger partial charge in [-0.15, -0.1) is 0 Å². The van der Waals surface area contributed by atoms with Gasteiger partial charge in [0.15, 0.2) is 0 Å². The van der Waals surface area contributed by atoms with Gasteiger partial charge in [0.05, 0.1) is 0 Å². The molecule has 0 aliphatic heterocycles. The third-order valence-electron chi connectivity index (χ3n) is 6.35. The molecule has 0 radical (unpaired) electrons. The Balaban J connectivity index is 2.20. The summed E-state index contributed by atoms with van der Waals surface area (Å²) in [7, 11) is 0. The van der Waals surface area contributed by atoms with Gasteiger partial charge in [-0.3, -0.25) is 0 Å². The van der Waals surface area contributed by atoms with Crippen molar-refractivity contribution in [3.8, 4) is 0 Å². The summed E-state index contributed by atoms with van der Waals surface area (Å²) >= 11 is 0. The average Bonchev–Trinajstić information content (AvgIpc) is 2.78. The van der Waals surface area contributed by atoms with Gasteiger partial charge in [0, 0.05) is 0 Å². The first-order valence-electron chi connectivity index (χ1n) is 9.96. The number of fused-ring (bicyclic) bond motifs is 7. The van der Waals surface area contributed by atoms with Crippen LogP contribution in [-0.2, 0) is 0 Å². The summed E-state index contributed by atoms with van der Waals surface area (Å²) < 4.78 is 0. The van der Waals surface area contributed by atoms with Crippen molar-refractivity contribution in [3.05, 3.63) is 93.7 Å². The standard InChI is InChI=1S/C30H22/c1-7-21-11-9-13-23-25-15-16-26-24-14-10-12-22(8-2)28(24)18(4)20(6)30(26)29(25)19(5)17(3)27(21)23/h7-16H,1-6H2. The lowest BCUT2D eigenvalue weighted by Crippen LogP contribution is -2.29. The Morgan fingerprint density at radius 3 is 1.13 bits per heavy atom. The van der Waals surface area contributed by atoms with E-state index >= 15 is 0 Å². The van der Waals surface area contributed by atoms with Crippen LogP contribution in [0.3, 0.4) is 0 Å². The van der Waals surface area contributed by atoms with Gasteiger partial charge in [0.1, 0.15) is 0 Å². The molecule has 0 fully saturated rings. The van der Waals surface area contributed by atoms with Crippen LogP contribution in [-0.4, -0.2) is 0 Å². The highest BCUT2D eigenvalue weighted by Gasteiger charge is 2.13. The molecule has 0 atom stereocenters. The molecule has 0 unspecified atom stereocenters. The van der Waals surface area contributed by atoms with Crippen LogP contribution in [0.1, 0.15) is 11.1 Å². The van der Waals surface area contributed by atoms with Crippen molar-refractivity contribution in [2.24, 2.45) is 0 Å². The summed E-state index contributed by atoms with van der Waals surface area (Å²) in [6.45, 7) is 25.7. The third-order valence-corrected chi connectivity index (χ3v) is 6.35. The van der Waals surface area contributed by atoms with E-state index in [4.69, 9.17) is 0 Å². The Bertz CT molecular complexity index is 1650. The minimum Gasteiger partial charge on any atom is -0.0984 e. The summed E-state index contributed by atoms with van der Waals surface area (Å²) in [4.78, 5) is 0. The predicted molar refractivity (Wildman–Crippen MR) is 137 cm³/mol. The van der Waals surface area contributed by atoms with Crippen LogP contribution in [0.4, 0.5) is 0 Å². The Kier molecular flexibility index (Phi) is 3.81. The maximum atomic E-state index is 4.45. The van der Waals surface area contributed by atoms with Crippen LogP contribution in [0.5, 0.6) is 0 Å². The van der Waals surface area contributed by atoms with Crippen LogP contribution in [0, 0.1) is 0 Å². The van der Waals surface area contributed by atoms with E-state index in [0.29, 0.717) is 0 Å². The molecular formula is C30H22. The lowest BCUT2D eigenvalue weighted by atomic mass is 9.88. The maximum Gasteiger partial charge on any atom is -0.00203 e.